The van der Waals surface area contributed by atoms with Crippen LogP contribution in [0.1, 0.15) is 12.8 Å². The van der Waals surface area contributed by atoms with E-state index in [-0.39, 0.29) is 17.6 Å². The van der Waals surface area contributed by atoms with Crippen molar-refractivity contribution < 1.29 is 9.59 Å². The van der Waals surface area contributed by atoms with Gasteiger partial charge < -0.3 is 10.2 Å². The molecule has 3 aromatic rings. The van der Waals surface area contributed by atoms with Crippen LogP contribution >= 0.6 is 11.8 Å². The van der Waals surface area contributed by atoms with Crippen LogP contribution in [0.3, 0.4) is 0 Å². The highest BCUT2D eigenvalue weighted by Crippen LogP contribution is 2.26. The molecule has 7 heteroatoms. The number of fused-ring (bicyclic) bond motifs is 1. The number of benzene rings is 2. The summed E-state index contributed by atoms with van der Waals surface area (Å²) in [7, 11) is 0. The topological polar surface area (TPSA) is 75.2 Å². The normalized spacial score (nSPS) is 13.9. The highest BCUT2D eigenvalue weighted by atomic mass is 32.2. The van der Waals surface area contributed by atoms with Crippen molar-refractivity contribution in [1.29, 1.82) is 0 Å². The van der Waals surface area contributed by atoms with E-state index in [1.807, 2.05) is 48.5 Å². The molecule has 2 aromatic carbocycles. The molecule has 0 aliphatic carbocycles. The highest BCUT2D eigenvalue weighted by Gasteiger charge is 2.21. The third-order valence-corrected chi connectivity index (χ3v) is 5.37. The minimum Gasteiger partial charge on any atom is -0.325 e. The van der Waals surface area contributed by atoms with Gasteiger partial charge in [-0.2, -0.15) is 5.10 Å². The lowest BCUT2D eigenvalue weighted by Gasteiger charge is -2.16. The van der Waals surface area contributed by atoms with Crippen molar-refractivity contribution in [2.24, 2.45) is 0 Å². The summed E-state index contributed by atoms with van der Waals surface area (Å²) in [6.07, 6.45) is 3.17. The van der Waals surface area contributed by atoms with Gasteiger partial charge in [0.2, 0.25) is 11.8 Å². The average molecular weight is 378 g/mol. The second-order valence-corrected chi connectivity index (χ2v) is 7.24. The van der Waals surface area contributed by atoms with Gasteiger partial charge in [-0.25, -0.2) is 0 Å². The Morgan fingerprint density at radius 1 is 1.19 bits per heavy atom. The average Bonchev–Trinajstić information content (AvgIpc) is 3.12. The molecule has 0 bridgehead atoms. The van der Waals surface area contributed by atoms with Gasteiger partial charge in [0.05, 0.1) is 11.9 Å². The Kier molecular flexibility index (Phi) is 5.02. The molecule has 1 N–H and O–H groups in total. The van der Waals surface area contributed by atoms with Gasteiger partial charge in [0.25, 0.3) is 0 Å². The van der Waals surface area contributed by atoms with Crippen molar-refractivity contribution in [2.75, 3.05) is 22.5 Å². The SMILES string of the molecule is O=C(CSc1nncc2ccccc12)Nc1cccc(N2CCCC2=O)c1. The van der Waals surface area contributed by atoms with Crippen LogP contribution in [0.2, 0.25) is 0 Å². The van der Waals surface area contributed by atoms with Crippen LogP contribution in [0.4, 0.5) is 11.4 Å². The number of carbonyl (C=O) groups excluding carboxylic acids is 2. The first-order chi connectivity index (χ1) is 13.2. The van der Waals surface area contributed by atoms with Gasteiger partial charge in [-0.1, -0.05) is 42.1 Å². The van der Waals surface area contributed by atoms with Crippen molar-refractivity contribution >= 4 is 45.7 Å². The third kappa shape index (κ3) is 3.93. The molecule has 1 saturated heterocycles. The van der Waals surface area contributed by atoms with Crippen molar-refractivity contribution in [3.05, 3.63) is 54.7 Å². The first-order valence-electron chi connectivity index (χ1n) is 8.74. The number of hydrogen-bond donors (Lipinski definition) is 1. The monoisotopic (exact) mass is 378 g/mol. The van der Waals surface area contributed by atoms with Gasteiger partial charge in [-0.05, 0) is 24.6 Å². The maximum atomic E-state index is 12.4. The number of aromatic nitrogens is 2. The van der Waals surface area contributed by atoms with Crippen LogP contribution in [0.5, 0.6) is 0 Å². The maximum Gasteiger partial charge on any atom is 0.234 e. The van der Waals surface area contributed by atoms with Gasteiger partial charge in [0, 0.05) is 35.1 Å². The molecule has 0 saturated carbocycles. The van der Waals surface area contributed by atoms with Crippen LogP contribution < -0.4 is 10.2 Å². The fourth-order valence-corrected chi connectivity index (χ4v) is 3.90. The molecule has 0 spiro atoms. The van der Waals surface area contributed by atoms with Gasteiger partial charge in [0.1, 0.15) is 5.03 Å². The van der Waals surface area contributed by atoms with Crippen molar-refractivity contribution in [2.45, 2.75) is 17.9 Å². The maximum absolute atomic E-state index is 12.4. The Balaban J connectivity index is 1.42. The van der Waals surface area contributed by atoms with Crippen LogP contribution in [-0.4, -0.2) is 34.3 Å². The van der Waals surface area contributed by atoms with Crippen molar-refractivity contribution in [3.63, 3.8) is 0 Å². The summed E-state index contributed by atoms with van der Waals surface area (Å²) in [5.74, 6) is 0.235. The molecule has 0 atom stereocenters. The van der Waals surface area contributed by atoms with E-state index in [1.165, 1.54) is 11.8 Å². The molecule has 1 aliphatic heterocycles. The quantitative estimate of drug-likeness (QED) is 0.688. The van der Waals surface area contributed by atoms with E-state index in [9.17, 15) is 9.59 Å². The van der Waals surface area contributed by atoms with E-state index >= 15 is 0 Å². The van der Waals surface area contributed by atoms with Gasteiger partial charge >= 0.3 is 0 Å². The number of thioether (sulfide) groups is 1. The van der Waals surface area contributed by atoms with Crippen LogP contribution in [0.25, 0.3) is 10.8 Å². The van der Waals surface area contributed by atoms with E-state index < -0.39 is 0 Å². The molecule has 1 fully saturated rings. The zero-order chi connectivity index (χ0) is 18.6. The first kappa shape index (κ1) is 17.5. The lowest BCUT2D eigenvalue weighted by atomic mass is 10.2. The molecule has 2 amide bonds. The molecule has 1 aliphatic rings. The number of rotatable bonds is 5. The lowest BCUT2D eigenvalue weighted by molar-refractivity contribution is -0.117. The van der Waals surface area contributed by atoms with Crippen LogP contribution in [-0.2, 0) is 9.59 Å². The summed E-state index contributed by atoms with van der Waals surface area (Å²) < 4.78 is 0. The zero-order valence-electron chi connectivity index (χ0n) is 14.6. The predicted octanol–water partition coefficient (Wildman–Crippen LogP) is 3.49. The highest BCUT2D eigenvalue weighted by molar-refractivity contribution is 8.00. The summed E-state index contributed by atoms with van der Waals surface area (Å²) in [4.78, 5) is 26.0. The predicted molar refractivity (Wildman–Crippen MR) is 107 cm³/mol. The molecule has 6 nitrogen and oxygen atoms in total. The Bertz CT molecular complexity index is 1000. The number of nitrogens with one attached hydrogen (secondary N) is 1. The molecule has 27 heavy (non-hydrogen) atoms. The molecule has 0 radical (unpaired) electrons. The summed E-state index contributed by atoms with van der Waals surface area (Å²) in [6, 6.07) is 15.2. The molecular formula is C20H18N4O2S. The van der Waals surface area contributed by atoms with Gasteiger partial charge in [-0.15, -0.1) is 5.10 Å². The minimum absolute atomic E-state index is 0.125. The molecule has 2 heterocycles. The minimum atomic E-state index is -0.125. The zero-order valence-corrected chi connectivity index (χ0v) is 15.4. The number of nitrogens with zero attached hydrogens (tertiary/aromatic N) is 3. The van der Waals surface area contributed by atoms with E-state index in [4.69, 9.17) is 0 Å². The largest absolute Gasteiger partial charge is 0.325 e. The number of carbonyl (C=O) groups is 2. The molecule has 136 valence electrons. The smallest absolute Gasteiger partial charge is 0.234 e. The molecule has 1 aromatic heterocycles. The first-order valence-corrected chi connectivity index (χ1v) is 9.73. The van der Waals surface area contributed by atoms with Gasteiger partial charge in [-0.3, -0.25) is 9.59 Å². The number of amides is 2. The summed E-state index contributed by atoms with van der Waals surface area (Å²) in [5, 5.41) is 13.8. The Morgan fingerprint density at radius 3 is 2.93 bits per heavy atom. The van der Waals surface area contributed by atoms with Gasteiger partial charge in [0.15, 0.2) is 0 Å². The molecule has 4 rings (SSSR count). The van der Waals surface area contributed by atoms with Crippen LogP contribution in [0, 0.1) is 0 Å². The van der Waals surface area contributed by atoms with E-state index in [2.05, 4.69) is 15.5 Å². The standard InChI is InChI=1S/C20H18N4O2S/c25-18(13-27-20-17-8-2-1-5-14(17)12-21-23-20)22-15-6-3-7-16(11-15)24-10-4-9-19(24)26/h1-3,5-8,11-12H,4,9-10,13H2,(H,22,25). The Morgan fingerprint density at radius 2 is 2.07 bits per heavy atom. The summed E-state index contributed by atoms with van der Waals surface area (Å²) in [5.41, 5.74) is 1.50. The fraction of sp³-hybridized carbons (Fsp3) is 0.200. The second-order valence-electron chi connectivity index (χ2n) is 6.27. The van der Waals surface area contributed by atoms with Crippen LogP contribution in [0.15, 0.2) is 59.8 Å². The Hall–Kier alpha value is -2.93. The fourth-order valence-electron chi connectivity index (χ4n) is 3.11. The number of anilines is 2. The summed E-state index contributed by atoms with van der Waals surface area (Å²) >= 11 is 1.36. The Labute approximate surface area is 161 Å². The second kappa shape index (κ2) is 7.75. The number of hydrogen-bond acceptors (Lipinski definition) is 5. The third-order valence-electron chi connectivity index (χ3n) is 4.39. The molecular weight excluding hydrogens is 360 g/mol. The lowest BCUT2D eigenvalue weighted by Crippen LogP contribution is -2.23. The van der Waals surface area contributed by atoms with Crippen molar-refractivity contribution in [3.8, 4) is 0 Å². The van der Waals surface area contributed by atoms with E-state index in [1.54, 1.807) is 11.1 Å². The summed E-state index contributed by atoms with van der Waals surface area (Å²) in [6.45, 7) is 0.728. The molecule has 0 unspecified atom stereocenters. The van der Waals surface area contributed by atoms with Crippen molar-refractivity contribution in [1.82, 2.24) is 10.2 Å². The van der Waals surface area contributed by atoms with E-state index in [0.29, 0.717) is 12.1 Å². The van der Waals surface area contributed by atoms with E-state index in [0.717, 1.165) is 34.5 Å².